The zero-order chi connectivity index (χ0) is 9.26. The van der Waals surface area contributed by atoms with Crippen LogP contribution in [0.25, 0.3) is 10.9 Å². The van der Waals surface area contributed by atoms with E-state index in [2.05, 4.69) is 4.98 Å². The van der Waals surface area contributed by atoms with Gasteiger partial charge in [-0.3, -0.25) is 4.98 Å². The number of aromatic nitrogens is 1. The summed E-state index contributed by atoms with van der Waals surface area (Å²) in [6.07, 6.45) is 1.75. The Morgan fingerprint density at radius 1 is 1.38 bits per heavy atom. The van der Waals surface area contributed by atoms with Crippen LogP contribution in [0.15, 0.2) is 30.5 Å². The number of rotatable bonds is 1. The van der Waals surface area contributed by atoms with E-state index >= 15 is 0 Å². The summed E-state index contributed by atoms with van der Waals surface area (Å²) in [5.41, 5.74) is 2.84. The van der Waals surface area contributed by atoms with Gasteiger partial charge >= 0.3 is 0 Å². The molecule has 1 radical (unpaired) electrons. The van der Waals surface area contributed by atoms with Crippen LogP contribution in [0.2, 0.25) is 0 Å². The number of benzene rings is 1. The van der Waals surface area contributed by atoms with E-state index in [-0.39, 0.29) is 6.61 Å². The Kier molecular flexibility index (Phi) is 1.99. The molecule has 2 heteroatoms. The van der Waals surface area contributed by atoms with Gasteiger partial charge in [-0.05, 0) is 30.2 Å². The molecule has 2 rings (SSSR count). The lowest BCUT2D eigenvalue weighted by Crippen LogP contribution is -1.88. The summed E-state index contributed by atoms with van der Waals surface area (Å²) in [7, 11) is 0. The van der Waals surface area contributed by atoms with E-state index in [4.69, 9.17) is 0 Å². The molecule has 65 valence electrons. The molecule has 1 aromatic carbocycles. The fourth-order valence-corrected chi connectivity index (χ4v) is 1.53. The Morgan fingerprint density at radius 2 is 2.23 bits per heavy atom. The number of fused-ring (bicyclic) bond motifs is 1. The Morgan fingerprint density at radius 3 is 3.00 bits per heavy atom. The van der Waals surface area contributed by atoms with E-state index in [1.165, 1.54) is 0 Å². The summed E-state index contributed by atoms with van der Waals surface area (Å²) in [4.78, 5) is 4.21. The number of hydrogen-bond acceptors (Lipinski definition) is 1. The number of pyridine rings is 1. The third-order valence-electron chi connectivity index (χ3n) is 2.11. The maximum Gasteiger partial charge on any atom is 0.108 e. The number of hydrogen-bond donors (Lipinski definition) is 0. The summed E-state index contributed by atoms with van der Waals surface area (Å²) in [5.74, 6) is 0. The average Bonchev–Trinajstić information content (AvgIpc) is 2.16. The van der Waals surface area contributed by atoms with Gasteiger partial charge in [-0.1, -0.05) is 12.1 Å². The molecular formula is C11H10NO. The van der Waals surface area contributed by atoms with Crippen molar-refractivity contribution in [1.82, 2.24) is 4.98 Å². The number of nitrogens with zero attached hydrogens (tertiary/aromatic N) is 1. The first-order valence-electron chi connectivity index (χ1n) is 4.23. The Bertz CT molecular complexity index is 437. The first kappa shape index (κ1) is 8.20. The summed E-state index contributed by atoms with van der Waals surface area (Å²) < 4.78 is 0. The first-order chi connectivity index (χ1) is 6.31. The van der Waals surface area contributed by atoms with Crippen LogP contribution in [0.5, 0.6) is 0 Å². The molecule has 0 bridgehead atoms. The van der Waals surface area contributed by atoms with Gasteiger partial charge in [-0.2, -0.15) is 0 Å². The molecule has 1 heterocycles. The summed E-state index contributed by atoms with van der Waals surface area (Å²) in [6.45, 7) is 1.80. The SMILES string of the molecule is Cc1cc(C[O])c2cccnc2c1. The quantitative estimate of drug-likeness (QED) is 0.650. The van der Waals surface area contributed by atoms with Crippen LogP contribution >= 0.6 is 0 Å². The van der Waals surface area contributed by atoms with Gasteiger partial charge in [0.2, 0.25) is 0 Å². The molecule has 1 aromatic heterocycles. The van der Waals surface area contributed by atoms with Crippen molar-refractivity contribution >= 4 is 10.9 Å². The van der Waals surface area contributed by atoms with Crippen molar-refractivity contribution in [2.24, 2.45) is 0 Å². The third kappa shape index (κ3) is 1.40. The molecule has 0 aliphatic rings. The standard InChI is InChI=1S/C11H10NO/c1-8-5-9(7-13)10-3-2-4-12-11(10)6-8/h2-6H,7H2,1H3. The van der Waals surface area contributed by atoms with Crippen molar-refractivity contribution in [1.29, 1.82) is 0 Å². The maximum atomic E-state index is 10.9. The highest BCUT2D eigenvalue weighted by Crippen LogP contribution is 2.18. The van der Waals surface area contributed by atoms with Crippen LogP contribution in [0.3, 0.4) is 0 Å². The van der Waals surface area contributed by atoms with Crippen LogP contribution in [0, 0.1) is 6.92 Å². The van der Waals surface area contributed by atoms with Crippen LogP contribution in [0.1, 0.15) is 11.1 Å². The zero-order valence-corrected chi connectivity index (χ0v) is 7.45. The van der Waals surface area contributed by atoms with Crippen LogP contribution < -0.4 is 0 Å². The second-order valence-electron chi connectivity index (χ2n) is 3.14. The lowest BCUT2D eigenvalue weighted by Gasteiger charge is -2.03. The van der Waals surface area contributed by atoms with Gasteiger partial charge in [0, 0.05) is 11.6 Å². The van der Waals surface area contributed by atoms with E-state index in [0.29, 0.717) is 0 Å². The van der Waals surface area contributed by atoms with Crippen LogP contribution in [0.4, 0.5) is 0 Å². The molecule has 0 fully saturated rings. The van der Waals surface area contributed by atoms with Crippen molar-refractivity contribution in [2.45, 2.75) is 13.5 Å². The van der Waals surface area contributed by atoms with Gasteiger partial charge in [0.1, 0.15) is 6.61 Å². The monoisotopic (exact) mass is 172 g/mol. The topological polar surface area (TPSA) is 32.8 Å². The molecule has 0 atom stereocenters. The molecule has 0 unspecified atom stereocenters. The second kappa shape index (κ2) is 3.15. The van der Waals surface area contributed by atoms with E-state index in [9.17, 15) is 5.11 Å². The fraction of sp³-hybridized carbons (Fsp3) is 0.182. The Labute approximate surface area is 76.9 Å². The van der Waals surface area contributed by atoms with Gasteiger partial charge < -0.3 is 0 Å². The minimum Gasteiger partial charge on any atom is -0.256 e. The van der Waals surface area contributed by atoms with Crippen molar-refractivity contribution < 1.29 is 5.11 Å². The molecule has 2 nitrogen and oxygen atoms in total. The predicted molar refractivity (Wildman–Crippen MR) is 50.9 cm³/mol. The average molecular weight is 172 g/mol. The largest absolute Gasteiger partial charge is 0.256 e. The van der Waals surface area contributed by atoms with Gasteiger partial charge in [-0.25, -0.2) is 5.11 Å². The Balaban J connectivity index is 2.81. The van der Waals surface area contributed by atoms with Gasteiger partial charge in [0.15, 0.2) is 0 Å². The number of aryl methyl sites for hydroxylation is 1. The molecule has 2 aromatic rings. The highest BCUT2D eigenvalue weighted by atomic mass is 16.3. The predicted octanol–water partition coefficient (Wildman–Crippen LogP) is 2.47. The van der Waals surface area contributed by atoms with Crippen LogP contribution in [-0.2, 0) is 11.7 Å². The molecule has 0 amide bonds. The molecule has 0 aliphatic heterocycles. The lowest BCUT2D eigenvalue weighted by molar-refractivity contribution is 0.178. The van der Waals surface area contributed by atoms with Gasteiger partial charge in [0.05, 0.1) is 5.52 Å². The van der Waals surface area contributed by atoms with E-state index < -0.39 is 0 Å². The van der Waals surface area contributed by atoms with Crippen LogP contribution in [-0.4, -0.2) is 4.98 Å². The summed E-state index contributed by atoms with van der Waals surface area (Å²) in [5, 5.41) is 11.8. The van der Waals surface area contributed by atoms with Crippen molar-refractivity contribution in [3.63, 3.8) is 0 Å². The van der Waals surface area contributed by atoms with Crippen molar-refractivity contribution in [3.8, 4) is 0 Å². The molecular weight excluding hydrogens is 162 g/mol. The zero-order valence-electron chi connectivity index (χ0n) is 7.45. The maximum absolute atomic E-state index is 10.9. The van der Waals surface area contributed by atoms with E-state index in [1.807, 2.05) is 31.2 Å². The third-order valence-corrected chi connectivity index (χ3v) is 2.11. The van der Waals surface area contributed by atoms with E-state index in [0.717, 1.165) is 22.0 Å². The molecule has 0 saturated carbocycles. The lowest BCUT2D eigenvalue weighted by atomic mass is 10.1. The van der Waals surface area contributed by atoms with Gasteiger partial charge in [0.25, 0.3) is 0 Å². The van der Waals surface area contributed by atoms with Gasteiger partial charge in [-0.15, -0.1) is 0 Å². The summed E-state index contributed by atoms with van der Waals surface area (Å²) >= 11 is 0. The Hall–Kier alpha value is -1.41. The molecule has 13 heavy (non-hydrogen) atoms. The molecule has 0 saturated heterocycles. The normalized spacial score (nSPS) is 10.6. The van der Waals surface area contributed by atoms with Crippen molar-refractivity contribution in [2.75, 3.05) is 0 Å². The molecule has 0 spiro atoms. The highest BCUT2D eigenvalue weighted by molar-refractivity contribution is 5.82. The van der Waals surface area contributed by atoms with E-state index in [1.54, 1.807) is 6.20 Å². The molecule has 0 N–H and O–H groups in total. The minimum atomic E-state index is -0.177. The smallest absolute Gasteiger partial charge is 0.108 e. The first-order valence-corrected chi connectivity index (χ1v) is 4.23. The molecule has 0 aliphatic carbocycles. The minimum absolute atomic E-state index is 0.177. The summed E-state index contributed by atoms with van der Waals surface area (Å²) in [6, 6.07) is 7.72. The highest BCUT2D eigenvalue weighted by Gasteiger charge is 2.01. The van der Waals surface area contributed by atoms with Crippen molar-refractivity contribution in [3.05, 3.63) is 41.6 Å². The fourth-order valence-electron chi connectivity index (χ4n) is 1.53. The second-order valence-corrected chi connectivity index (χ2v) is 3.14.